The molecule has 1 aliphatic rings. The second-order valence-corrected chi connectivity index (χ2v) is 11.8. The Morgan fingerprint density at radius 1 is 1.12 bits per heavy atom. The van der Waals surface area contributed by atoms with E-state index in [4.69, 9.17) is 9.47 Å². The van der Waals surface area contributed by atoms with E-state index in [9.17, 15) is 14.4 Å². The van der Waals surface area contributed by atoms with Gasteiger partial charge in [0.2, 0.25) is 11.8 Å². The van der Waals surface area contributed by atoms with Gasteiger partial charge in [-0.05, 0) is 80.6 Å². The molecule has 0 spiro atoms. The van der Waals surface area contributed by atoms with Crippen LogP contribution in [-0.2, 0) is 27.3 Å². The lowest BCUT2D eigenvalue weighted by Crippen LogP contribution is -2.54. The van der Waals surface area contributed by atoms with Crippen LogP contribution in [0.1, 0.15) is 51.7 Å². The van der Waals surface area contributed by atoms with Crippen LogP contribution < -0.4 is 20.3 Å². The Morgan fingerprint density at radius 3 is 2.58 bits per heavy atom. The van der Waals surface area contributed by atoms with Crippen molar-refractivity contribution in [1.82, 2.24) is 10.6 Å². The van der Waals surface area contributed by atoms with Gasteiger partial charge >= 0.3 is 6.09 Å². The summed E-state index contributed by atoms with van der Waals surface area (Å²) in [5.41, 5.74) is 2.01. The van der Waals surface area contributed by atoms with E-state index in [1.165, 1.54) is 0 Å². The molecular formula is C31H36BrN3O5. The van der Waals surface area contributed by atoms with Crippen molar-refractivity contribution in [3.63, 3.8) is 0 Å². The number of fused-ring (bicyclic) bond motifs is 2. The lowest BCUT2D eigenvalue weighted by Gasteiger charge is -2.28. The number of alkyl carbamates (subject to hydrolysis) is 1. The number of hydrogen-bond donors (Lipinski definition) is 2. The van der Waals surface area contributed by atoms with Crippen LogP contribution in [0.2, 0.25) is 0 Å². The van der Waals surface area contributed by atoms with Crippen LogP contribution in [0.5, 0.6) is 5.75 Å². The molecular weight excluding hydrogens is 574 g/mol. The minimum absolute atomic E-state index is 0.221. The monoisotopic (exact) mass is 609 g/mol. The van der Waals surface area contributed by atoms with Crippen molar-refractivity contribution in [1.29, 1.82) is 0 Å². The van der Waals surface area contributed by atoms with Crippen LogP contribution in [-0.4, -0.2) is 42.7 Å². The van der Waals surface area contributed by atoms with Crippen LogP contribution >= 0.6 is 15.9 Å². The first kappa shape index (κ1) is 29.4. The summed E-state index contributed by atoms with van der Waals surface area (Å²) in [5.74, 6) is 0.0318. The zero-order valence-electron chi connectivity index (χ0n) is 23.5. The molecule has 8 nitrogen and oxygen atoms in total. The number of nitrogens with one attached hydrogen (secondary N) is 2. The third-order valence-corrected chi connectivity index (χ3v) is 7.36. The molecule has 2 N–H and O–H groups in total. The Balaban J connectivity index is 1.64. The summed E-state index contributed by atoms with van der Waals surface area (Å²) >= 11 is 3.54. The van der Waals surface area contributed by atoms with Crippen molar-refractivity contribution < 1.29 is 23.9 Å². The molecule has 1 unspecified atom stereocenters. The number of benzene rings is 3. The predicted molar refractivity (Wildman–Crippen MR) is 160 cm³/mol. The highest BCUT2D eigenvalue weighted by molar-refractivity contribution is 9.10. The average molecular weight is 611 g/mol. The molecule has 3 amide bonds. The quantitative estimate of drug-likeness (QED) is 0.349. The number of para-hydroxylation sites is 1. The number of nitrogens with zero attached hydrogens (tertiary/aromatic N) is 1. The second-order valence-electron chi connectivity index (χ2n) is 10.9. The van der Waals surface area contributed by atoms with E-state index in [-0.39, 0.29) is 12.5 Å². The standard InChI is InChI=1S/C31H36BrN3O5/c1-6-24(34-30(38)40-31(2,3)4)28(36)33-25-15-11-19-9-7-8-10-26(19)35(29(25)37)18-23-22-14-13-21(32)17-20(22)12-16-27(23)39-5/h7-10,12-14,16-17,24-25H,6,11,15,18H2,1-5H3,(H,33,36)(H,34,38)/t24?,25-/m0/s1. The second kappa shape index (κ2) is 12.3. The van der Waals surface area contributed by atoms with Crippen LogP contribution in [0, 0.1) is 0 Å². The fraction of sp³-hybridized carbons (Fsp3) is 0.387. The van der Waals surface area contributed by atoms with Gasteiger partial charge in [-0.3, -0.25) is 9.59 Å². The number of carbonyl (C=O) groups is 3. The van der Waals surface area contributed by atoms with E-state index < -0.39 is 29.7 Å². The maximum Gasteiger partial charge on any atom is 0.408 e. The fourth-order valence-corrected chi connectivity index (χ4v) is 5.32. The van der Waals surface area contributed by atoms with Crippen LogP contribution in [0.4, 0.5) is 10.5 Å². The van der Waals surface area contributed by atoms with E-state index in [0.29, 0.717) is 25.0 Å². The van der Waals surface area contributed by atoms with Crippen molar-refractivity contribution in [3.8, 4) is 5.75 Å². The molecule has 0 aromatic heterocycles. The number of hydrogen-bond acceptors (Lipinski definition) is 5. The number of halogens is 1. The van der Waals surface area contributed by atoms with Gasteiger partial charge in [0.05, 0.1) is 13.7 Å². The molecule has 1 aliphatic heterocycles. The number of rotatable bonds is 7. The van der Waals surface area contributed by atoms with Crippen molar-refractivity contribution in [2.45, 2.75) is 71.2 Å². The number of anilines is 1. The minimum atomic E-state index is -0.835. The summed E-state index contributed by atoms with van der Waals surface area (Å²) in [6, 6.07) is 16.1. The van der Waals surface area contributed by atoms with Gasteiger partial charge in [0.25, 0.3) is 0 Å². The van der Waals surface area contributed by atoms with Gasteiger partial charge in [-0.1, -0.05) is 53.2 Å². The van der Waals surface area contributed by atoms with Gasteiger partial charge in [-0.2, -0.15) is 0 Å². The zero-order chi connectivity index (χ0) is 29.0. The van der Waals surface area contributed by atoms with Crippen molar-refractivity contribution in [2.24, 2.45) is 0 Å². The summed E-state index contributed by atoms with van der Waals surface area (Å²) < 4.78 is 12.0. The first-order valence-corrected chi connectivity index (χ1v) is 14.2. The zero-order valence-corrected chi connectivity index (χ0v) is 25.1. The van der Waals surface area contributed by atoms with E-state index in [1.54, 1.807) is 39.7 Å². The summed E-state index contributed by atoms with van der Waals surface area (Å²) in [6.45, 7) is 7.33. The number of methoxy groups -OCH3 is 1. The highest BCUT2D eigenvalue weighted by atomic mass is 79.9. The van der Waals surface area contributed by atoms with Gasteiger partial charge in [0.1, 0.15) is 23.4 Å². The van der Waals surface area contributed by atoms with Crippen LogP contribution in [0.15, 0.2) is 59.1 Å². The largest absolute Gasteiger partial charge is 0.496 e. The van der Waals surface area contributed by atoms with Crippen molar-refractivity contribution in [3.05, 3.63) is 70.2 Å². The molecule has 2 atom stereocenters. The SMILES string of the molecule is CCC(NC(=O)OC(C)(C)C)C(=O)N[C@H]1CCc2ccccc2N(Cc2c(OC)ccc3cc(Br)ccc23)C1=O. The topological polar surface area (TPSA) is 97.0 Å². The Hall–Kier alpha value is -3.59. The highest BCUT2D eigenvalue weighted by Crippen LogP contribution is 2.35. The molecule has 3 aromatic carbocycles. The third kappa shape index (κ3) is 6.75. The molecule has 9 heteroatoms. The number of ether oxygens (including phenoxy) is 2. The molecule has 0 saturated heterocycles. The minimum Gasteiger partial charge on any atom is -0.496 e. The Morgan fingerprint density at radius 2 is 1.88 bits per heavy atom. The Labute approximate surface area is 243 Å². The maximum absolute atomic E-state index is 14.1. The summed E-state index contributed by atoms with van der Waals surface area (Å²) in [6.07, 6.45) is 0.712. The smallest absolute Gasteiger partial charge is 0.408 e. The summed E-state index contributed by atoms with van der Waals surface area (Å²) in [4.78, 5) is 41.4. The summed E-state index contributed by atoms with van der Waals surface area (Å²) in [5, 5.41) is 7.54. The molecule has 40 heavy (non-hydrogen) atoms. The van der Waals surface area contributed by atoms with Gasteiger partial charge in [0, 0.05) is 15.7 Å². The average Bonchev–Trinajstić information content (AvgIpc) is 3.03. The first-order chi connectivity index (χ1) is 19.0. The predicted octanol–water partition coefficient (Wildman–Crippen LogP) is 5.88. The van der Waals surface area contributed by atoms with Crippen LogP contribution in [0.25, 0.3) is 10.8 Å². The molecule has 0 radical (unpaired) electrons. The molecule has 0 fully saturated rings. The van der Waals surface area contributed by atoms with Gasteiger partial charge in [0.15, 0.2) is 0 Å². The van der Waals surface area contributed by atoms with Crippen molar-refractivity contribution >= 4 is 50.3 Å². The van der Waals surface area contributed by atoms with E-state index in [2.05, 4.69) is 26.6 Å². The van der Waals surface area contributed by atoms with E-state index in [1.807, 2.05) is 54.6 Å². The number of aryl methyl sites for hydroxylation is 1. The first-order valence-electron chi connectivity index (χ1n) is 13.4. The fourth-order valence-electron chi connectivity index (χ4n) is 4.95. The van der Waals surface area contributed by atoms with E-state index >= 15 is 0 Å². The third-order valence-electron chi connectivity index (χ3n) is 6.87. The molecule has 212 valence electrons. The lowest BCUT2D eigenvalue weighted by atomic mass is 10.0. The molecule has 0 aliphatic carbocycles. The molecule has 3 aromatic rings. The molecule has 1 heterocycles. The molecule has 0 bridgehead atoms. The van der Waals surface area contributed by atoms with Gasteiger partial charge < -0.3 is 25.0 Å². The number of amides is 3. The van der Waals surface area contributed by atoms with E-state index in [0.717, 1.165) is 32.1 Å². The molecule has 4 rings (SSSR count). The maximum atomic E-state index is 14.1. The molecule has 0 saturated carbocycles. The van der Waals surface area contributed by atoms with Gasteiger partial charge in [-0.15, -0.1) is 0 Å². The Kier molecular flexibility index (Phi) is 9.03. The lowest BCUT2D eigenvalue weighted by molar-refractivity contribution is -0.129. The highest BCUT2D eigenvalue weighted by Gasteiger charge is 2.34. The van der Waals surface area contributed by atoms with Crippen LogP contribution in [0.3, 0.4) is 0 Å². The Bertz CT molecular complexity index is 1420. The van der Waals surface area contributed by atoms with Crippen molar-refractivity contribution in [2.75, 3.05) is 12.0 Å². The summed E-state index contributed by atoms with van der Waals surface area (Å²) in [7, 11) is 1.62. The number of carbonyl (C=O) groups excluding carboxylic acids is 3. The van der Waals surface area contributed by atoms with Gasteiger partial charge in [-0.25, -0.2) is 4.79 Å². The normalized spacial score (nSPS) is 16.1.